The lowest BCUT2D eigenvalue weighted by atomic mass is 9.62. The minimum absolute atomic E-state index is 0.184. The second kappa shape index (κ2) is 24.2. The maximum Gasteiger partial charge on any atom is 0.261 e. The Morgan fingerprint density at radius 2 is 0.963 bits per heavy atom. The van der Waals surface area contributed by atoms with Gasteiger partial charge in [-0.1, -0.05) is 182 Å². The van der Waals surface area contributed by atoms with E-state index in [9.17, 15) is 19.2 Å². The molecule has 0 spiro atoms. The van der Waals surface area contributed by atoms with Crippen LogP contribution in [-0.4, -0.2) is 9.55 Å². The number of benzene rings is 1. The molecule has 4 unspecified atom stereocenters. The van der Waals surface area contributed by atoms with E-state index in [1.54, 1.807) is 0 Å². The highest BCUT2D eigenvalue weighted by Gasteiger charge is 2.36. The topological polar surface area (TPSA) is 89.0 Å². The Morgan fingerprint density at radius 1 is 0.537 bits per heavy atom. The summed E-state index contributed by atoms with van der Waals surface area (Å²) < 4.78 is 1.30. The Bertz CT molecular complexity index is 1620. The van der Waals surface area contributed by atoms with E-state index in [1.165, 1.54) is 177 Å². The van der Waals surface area contributed by atoms with E-state index in [-0.39, 0.29) is 32.7 Å². The molecule has 304 valence electrons. The number of fused-ring (bicyclic) bond motifs is 2. The zero-order valence-electron chi connectivity index (χ0n) is 35.1. The van der Waals surface area contributed by atoms with Crippen molar-refractivity contribution in [3.05, 3.63) is 53.5 Å². The summed E-state index contributed by atoms with van der Waals surface area (Å²) >= 11 is 0. The molecule has 4 rings (SSSR count). The van der Waals surface area contributed by atoms with E-state index >= 15 is 0 Å². The van der Waals surface area contributed by atoms with Gasteiger partial charge in [-0.15, -0.1) is 0 Å². The molecule has 2 aromatic heterocycles. The molecule has 6 nitrogen and oxygen atoms in total. The van der Waals surface area contributed by atoms with Crippen molar-refractivity contribution in [3.63, 3.8) is 0 Å². The van der Waals surface area contributed by atoms with E-state index in [4.69, 9.17) is 0 Å². The number of unbranched alkanes of at least 4 members (excludes halogenated alkanes) is 17. The van der Waals surface area contributed by atoms with Crippen molar-refractivity contribution in [1.82, 2.24) is 9.55 Å². The fourth-order valence-corrected chi connectivity index (χ4v) is 10.1. The van der Waals surface area contributed by atoms with Gasteiger partial charge in [-0.3, -0.25) is 28.7 Å². The molecule has 0 radical (unpaired) electrons. The third kappa shape index (κ3) is 13.6. The van der Waals surface area contributed by atoms with Crippen molar-refractivity contribution in [2.24, 2.45) is 29.6 Å². The van der Waals surface area contributed by atoms with Crippen molar-refractivity contribution >= 4 is 21.5 Å². The summed E-state index contributed by atoms with van der Waals surface area (Å²) in [4.78, 5) is 52.4. The van der Waals surface area contributed by atoms with Crippen LogP contribution in [0.25, 0.3) is 21.5 Å². The molecule has 1 aromatic carbocycles. The first kappa shape index (κ1) is 44.2. The fourth-order valence-electron chi connectivity index (χ4n) is 10.1. The number of aromatic nitrogens is 2. The Labute approximate surface area is 327 Å². The predicted molar refractivity (Wildman–Crippen MR) is 231 cm³/mol. The Morgan fingerprint density at radius 3 is 1.48 bits per heavy atom. The number of rotatable bonds is 29. The number of aromatic amines is 1. The van der Waals surface area contributed by atoms with Gasteiger partial charge in [-0.05, 0) is 67.4 Å². The molecule has 3 aromatic rings. The summed E-state index contributed by atoms with van der Waals surface area (Å²) in [6.45, 7) is 9.76. The number of hydrogen-bond acceptors (Lipinski definition) is 4. The van der Waals surface area contributed by atoms with Crippen LogP contribution in [0.15, 0.2) is 31.3 Å². The lowest BCUT2D eigenvalue weighted by Crippen LogP contribution is -2.33. The summed E-state index contributed by atoms with van der Waals surface area (Å²) in [7, 11) is 0. The second-order valence-corrected chi connectivity index (χ2v) is 18.1. The molecule has 4 atom stereocenters. The van der Waals surface area contributed by atoms with Crippen LogP contribution in [0.5, 0.6) is 0 Å². The van der Waals surface area contributed by atoms with Crippen LogP contribution >= 0.6 is 0 Å². The molecule has 1 aliphatic carbocycles. The number of H-pyrrole nitrogens is 1. The third-order valence-corrected chi connectivity index (χ3v) is 13.2. The first-order valence-electron chi connectivity index (χ1n) is 23.1. The van der Waals surface area contributed by atoms with E-state index < -0.39 is 11.1 Å². The number of nitrogens with zero attached hydrogens (tertiary/aromatic N) is 1. The maximum absolute atomic E-state index is 13.0. The van der Waals surface area contributed by atoms with Crippen molar-refractivity contribution in [2.45, 2.75) is 214 Å². The van der Waals surface area contributed by atoms with E-state index in [0.29, 0.717) is 6.54 Å². The maximum atomic E-state index is 13.0. The van der Waals surface area contributed by atoms with Crippen LogP contribution in [0.3, 0.4) is 0 Å². The highest BCUT2D eigenvalue weighted by atomic mass is 16.2. The average molecular weight is 747 g/mol. The Hall–Kier alpha value is -2.50. The van der Waals surface area contributed by atoms with Crippen molar-refractivity contribution < 1.29 is 0 Å². The molecule has 6 heteroatoms. The molecule has 1 fully saturated rings. The zero-order valence-corrected chi connectivity index (χ0v) is 35.1. The molecule has 1 saturated carbocycles. The standard InChI is InChI=1S/C48H78N2O4/c1-5-7-9-11-18-24-30-40-38(28-22-10-8-6-2)32-37(33-39(40)29-23-17-14-15-20-26-36(3)4)27-21-16-12-13-19-25-31-50-47(53)43-34-41-42(35-44(43)48(50)54)46(52)49-45(41)51/h34-40H,5-33H2,1-4H3,(H,49,51,52). The highest BCUT2D eigenvalue weighted by Crippen LogP contribution is 2.47. The van der Waals surface area contributed by atoms with Gasteiger partial charge in [0.25, 0.3) is 22.2 Å². The van der Waals surface area contributed by atoms with Crippen molar-refractivity contribution in [3.8, 4) is 0 Å². The summed E-state index contributed by atoms with van der Waals surface area (Å²) in [5.74, 6) is 4.57. The Balaban J connectivity index is 1.24. The normalized spacial score (nSPS) is 19.2. The predicted octanol–water partition coefficient (Wildman–Crippen LogP) is 12.5. The first-order chi connectivity index (χ1) is 26.2. The van der Waals surface area contributed by atoms with E-state index in [2.05, 4.69) is 32.7 Å². The molecule has 0 amide bonds. The monoisotopic (exact) mass is 747 g/mol. The van der Waals surface area contributed by atoms with Gasteiger partial charge < -0.3 is 0 Å². The fraction of sp³-hybridized carbons (Fsp3) is 0.792. The summed E-state index contributed by atoms with van der Waals surface area (Å²) in [5.41, 5.74) is -1.72. The summed E-state index contributed by atoms with van der Waals surface area (Å²) in [6, 6.07) is 2.83. The van der Waals surface area contributed by atoms with Gasteiger partial charge in [0, 0.05) is 6.54 Å². The van der Waals surface area contributed by atoms with Crippen LogP contribution in [0, 0.1) is 29.6 Å². The number of hydrogen-bond donors (Lipinski definition) is 1. The van der Waals surface area contributed by atoms with Gasteiger partial charge >= 0.3 is 0 Å². The minimum Gasteiger partial charge on any atom is -0.288 e. The van der Waals surface area contributed by atoms with E-state index in [1.807, 2.05) is 0 Å². The van der Waals surface area contributed by atoms with Gasteiger partial charge in [0.05, 0.1) is 21.5 Å². The second-order valence-electron chi connectivity index (χ2n) is 18.1. The van der Waals surface area contributed by atoms with Gasteiger partial charge in [-0.25, -0.2) is 0 Å². The lowest BCUT2D eigenvalue weighted by Gasteiger charge is -2.43. The van der Waals surface area contributed by atoms with Gasteiger partial charge in [0.1, 0.15) is 0 Å². The molecule has 1 aliphatic rings. The van der Waals surface area contributed by atoms with Crippen molar-refractivity contribution in [1.29, 1.82) is 0 Å². The zero-order chi connectivity index (χ0) is 38.7. The van der Waals surface area contributed by atoms with Gasteiger partial charge in [0.2, 0.25) is 0 Å². The van der Waals surface area contributed by atoms with Gasteiger partial charge in [0.15, 0.2) is 0 Å². The largest absolute Gasteiger partial charge is 0.288 e. The van der Waals surface area contributed by atoms with Crippen LogP contribution in [0.2, 0.25) is 0 Å². The van der Waals surface area contributed by atoms with Crippen LogP contribution < -0.4 is 22.2 Å². The summed E-state index contributed by atoms with van der Waals surface area (Å²) in [5, 5.41) is 0.845. The SMILES string of the molecule is CCCCCCCCC1C(CCCCCC)CC(CCCCCCCCn2c(=O)c3cc4c(=O)[nH]c(=O)c4cc3c2=O)CC1CCCCCCCC(C)C. The first-order valence-corrected chi connectivity index (χ1v) is 23.1. The van der Waals surface area contributed by atoms with Crippen LogP contribution in [0.4, 0.5) is 0 Å². The smallest absolute Gasteiger partial charge is 0.261 e. The van der Waals surface area contributed by atoms with Crippen molar-refractivity contribution in [2.75, 3.05) is 0 Å². The quantitative estimate of drug-likeness (QED) is 0.0716. The molecule has 0 saturated heterocycles. The third-order valence-electron chi connectivity index (χ3n) is 13.2. The van der Waals surface area contributed by atoms with E-state index in [0.717, 1.165) is 48.9 Å². The molecule has 54 heavy (non-hydrogen) atoms. The molecule has 2 heterocycles. The minimum atomic E-state index is -0.507. The molecule has 0 aliphatic heterocycles. The van der Waals surface area contributed by atoms with Gasteiger partial charge in [-0.2, -0.15) is 0 Å². The molecule has 0 bridgehead atoms. The average Bonchev–Trinajstić information content (AvgIpc) is 3.57. The Kier molecular flexibility index (Phi) is 19.8. The summed E-state index contributed by atoms with van der Waals surface area (Å²) in [6.07, 6.45) is 38.0. The van der Waals surface area contributed by atoms with Crippen LogP contribution in [0.1, 0.15) is 207 Å². The molecule has 1 N–H and O–H groups in total. The lowest BCUT2D eigenvalue weighted by molar-refractivity contribution is 0.0741. The molecular weight excluding hydrogens is 669 g/mol. The van der Waals surface area contributed by atoms with Crippen LogP contribution in [-0.2, 0) is 6.54 Å². The highest BCUT2D eigenvalue weighted by molar-refractivity contribution is 5.97. The molecular formula is C48H78N2O4. The number of nitrogens with one attached hydrogen (secondary N) is 1.